The molecule has 0 atom stereocenters. The van der Waals surface area contributed by atoms with Crippen LogP contribution in [0.15, 0.2) is 199 Å². The van der Waals surface area contributed by atoms with Crippen LogP contribution in [-0.2, 0) is 0 Å². The highest BCUT2D eigenvalue weighted by atomic mass is 16.3. The van der Waals surface area contributed by atoms with Crippen LogP contribution >= 0.6 is 0 Å². The molecule has 0 aliphatic heterocycles. The first-order valence-corrected chi connectivity index (χ1v) is 17.6. The molecule has 244 valence electrons. The molecule has 3 nitrogen and oxygen atoms in total. The zero-order valence-electron chi connectivity index (χ0n) is 28.3. The van der Waals surface area contributed by atoms with Gasteiger partial charge in [-0.05, 0) is 99.1 Å². The van der Waals surface area contributed by atoms with Gasteiger partial charge in [-0.15, -0.1) is 0 Å². The van der Waals surface area contributed by atoms with E-state index in [1.807, 2.05) is 24.3 Å². The molecule has 0 N–H and O–H groups in total. The molecule has 10 rings (SSSR count). The van der Waals surface area contributed by atoms with Gasteiger partial charge in [-0.3, -0.25) is 0 Å². The summed E-state index contributed by atoms with van der Waals surface area (Å²) in [6.45, 7) is 0. The molecule has 0 aliphatic rings. The van der Waals surface area contributed by atoms with E-state index in [0.717, 1.165) is 27.9 Å². The molecule has 2 aromatic heterocycles. The first-order valence-electron chi connectivity index (χ1n) is 17.6. The standard InChI is InChI=1S/C49H32N2O/c1-2-12-33(13-3-1)37-28-31-47-44(32-37)43-18-8-10-20-46(43)51(47)38-29-26-35(27-30-38)40-15-5-7-17-42(40)41-16-6-4-14-39(41)34-22-24-36(25-23-34)49-50-45-19-9-11-21-48(45)52-49/h1-32H. The van der Waals surface area contributed by atoms with Gasteiger partial charge in [0.2, 0.25) is 5.89 Å². The molecule has 0 unspecified atom stereocenters. The molecule has 0 saturated heterocycles. The summed E-state index contributed by atoms with van der Waals surface area (Å²) in [5.41, 5.74) is 15.7. The molecule has 3 heteroatoms. The number of hydrogen-bond donors (Lipinski definition) is 0. The van der Waals surface area contributed by atoms with Gasteiger partial charge >= 0.3 is 0 Å². The molecule has 0 fully saturated rings. The second kappa shape index (κ2) is 12.4. The lowest BCUT2D eigenvalue weighted by atomic mass is 9.89. The van der Waals surface area contributed by atoms with E-state index in [4.69, 9.17) is 9.40 Å². The molecule has 52 heavy (non-hydrogen) atoms. The van der Waals surface area contributed by atoms with E-state index in [2.05, 4.69) is 174 Å². The van der Waals surface area contributed by atoms with Gasteiger partial charge in [0, 0.05) is 22.0 Å². The van der Waals surface area contributed by atoms with E-state index in [0.29, 0.717) is 5.89 Å². The van der Waals surface area contributed by atoms with Crippen molar-refractivity contribution in [2.75, 3.05) is 0 Å². The summed E-state index contributed by atoms with van der Waals surface area (Å²) in [6.07, 6.45) is 0. The largest absolute Gasteiger partial charge is 0.436 e. The minimum absolute atomic E-state index is 0.632. The third-order valence-electron chi connectivity index (χ3n) is 10.1. The summed E-state index contributed by atoms with van der Waals surface area (Å²) in [4.78, 5) is 4.69. The van der Waals surface area contributed by atoms with E-state index in [1.165, 1.54) is 60.8 Å². The molecule has 2 heterocycles. The number of para-hydroxylation sites is 3. The van der Waals surface area contributed by atoms with Gasteiger partial charge in [-0.25, -0.2) is 4.98 Å². The van der Waals surface area contributed by atoms with E-state index < -0.39 is 0 Å². The number of fused-ring (bicyclic) bond motifs is 4. The number of aromatic nitrogens is 2. The molecule has 0 spiro atoms. The predicted molar refractivity (Wildman–Crippen MR) is 216 cm³/mol. The Labute approximate surface area is 301 Å². The van der Waals surface area contributed by atoms with Crippen molar-refractivity contribution in [1.82, 2.24) is 9.55 Å². The Morgan fingerprint density at radius 2 is 0.904 bits per heavy atom. The highest BCUT2D eigenvalue weighted by Gasteiger charge is 2.16. The van der Waals surface area contributed by atoms with Crippen LogP contribution in [0.2, 0.25) is 0 Å². The summed E-state index contributed by atoms with van der Waals surface area (Å²) >= 11 is 0. The summed E-state index contributed by atoms with van der Waals surface area (Å²) in [5.74, 6) is 0.632. The van der Waals surface area contributed by atoms with Crippen molar-refractivity contribution in [3.63, 3.8) is 0 Å². The zero-order chi connectivity index (χ0) is 34.4. The maximum Gasteiger partial charge on any atom is 0.227 e. The average molecular weight is 665 g/mol. The Bertz CT molecular complexity index is 2850. The molecular weight excluding hydrogens is 633 g/mol. The van der Waals surface area contributed by atoms with E-state index in [1.54, 1.807) is 0 Å². The SMILES string of the molecule is c1ccc(-c2ccc3c(c2)c2ccccc2n3-c2ccc(-c3ccccc3-c3ccccc3-c3ccc(-c4nc5ccccc5o4)cc3)cc2)cc1. The Balaban J connectivity index is 1.02. The lowest BCUT2D eigenvalue weighted by Crippen LogP contribution is -1.94. The minimum atomic E-state index is 0.632. The third kappa shape index (κ3) is 5.10. The molecule has 0 bridgehead atoms. The fourth-order valence-electron chi connectivity index (χ4n) is 7.58. The predicted octanol–water partition coefficient (Wildman–Crippen LogP) is 13.3. The second-order valence-electron chi connectivity index (χ2n) is 13.2. The van der Waals surface area contributed by atoms with E-state index in [9.17, 15) is 0 Å². The lowest BCUT2D eigenvalue weighted by molar-refractivity contribution is 0.620. The maximum absolute atomic E-state index is 6.04. The van der Waals surface area contributed by atoms with Crippen molar-refractivity contribution in [1.29, 1.82) is 0 Å². The Morgan fingerprint density at radius 1 is 0.365 bits per heavy atom. The average Bonchev–Trinajstić information content (AvgIpc) is 3.81. The molecule has 0 aliphatic carbocycles. The number of nitrogens with zero attached hydrogens (tertiary/aromatic N) is 2. The monoisotopic (exact) mass is 664 g/mol. The van der Waals surface area contributed by atoms with E-state index in [-0.39, 0.29) is 0 Å². The summed E-state index contributed by atoms with van der Waals surface area (Å²) < 4.78 is 8.42. The van der Waals surface area contributed by atoms with E-state index >= 15 is 0 Å². The van der Waals surface area contributed by atoms with Gasteiger partial charge in [0.1, 0.15) is 5.52 Å². The topological polar surface area (TPSA) is 31.0 Å². The van der Waals surface area contributed by atoms with Crippen LogP contribution in [0.3, 0.4) is 0 Å². The second-order valence-corrected chi connectivity index (χ2v) is 13.2. The summed E-state index contributed by atoms with van der Waals surface area (Å²) in [6, 6.07) is 68.9. The van der Waals surface area contributed by atoms with Gasteiger partial charge in [-0.2, -0.15) is 0 Å². The van der Waals surface area contributed by atoms with Crippen molar-refractivity contribution in [3.8, 4) is 61.6 Å². The smallest absolute Gasteiger partial charge is 0.227 e. The Morgan fingerprint density at radius 3 is 1.62 bits per heavy atom. The minimum Gasteiger partial charge on any atom is -0.436 e. The quantitative estimate of drug-likeness (QED) is 0.177. The maximum atomic E-state index is 6.04. The molecular formula is C49H32N2O. The molecule has 0 saturated carbocycles. The van der Waals surface area contributed by atoms with Crippen LogP contribution < -0.4 is 0 Å². The first kappa shape index (κ1) is 29.9. The number of oxazole rings is 1. The van der Waals surface area contributed by atoms with Gasteiger partial charge in [0.25, 0.3) is 0 Å². The van der Waals surface area contributed by atoms with Crippen LogP contribution in [-0.4, -0.2) is 9.55 Å². The Kier molecular flexibility index (Phi) is 7.14. The molecule has 0 radical (unpaired) electrons. The normalized spacial score (nSPS) is 11.5. The van der Waals surface area contributed by atoms with Crippen LogP contribution in [0.5, 0.6) is 0 Å². The zero-order valence-corrected chi connectivity index (χ0v) is 28.3. The van der Waals surface area contributed by atoms with Crippen LogP contribution in [0, 0.1) is 0 Å². The van der Waals surface area contributed by atoms with Crippen LogP contribution in [0.25, 0.3) is 94.6 Å². The highest BCUT2D eigenvalue weighted by Crippen LogP contribution is 2.40. The summed E-state index contributed by atoms with van der Waals surface area (Å²) in [7, 11) is 0. The first-order chi connectivity index (χ1) is 25.8. The van der Waals surface area contributed by atoms with Crippen molar-refractivity contribution >= 4 is 32.9 Å². The molecule has 8 aromatic carbocycles. The van der Waals surface area contributed by atoms with Gasteiger partial charge in [0.05, 0.1) is 11.0 Å². The molecule has 10 aromatic rings. The molecule has 0 amide bonds. The van der Waals surface area contributed by atoms with Crippen molar-refractivity contribution in [2.45, 2.75) is 0 Å². The number of benzene rings is 8. The van der Waals surface area contributed by atoms with Crippen molar-refractivity contribution in [2.24, 2.45) is 0 Å². The van der Waals surface area contributed by atoms with Crippen LogP contribution in [0.4, 0.5) is 0 Å². The van der Waals surface area contributed by atoms with Crippen molar-refractivity contribution in [3.05, 3.63) is 194 Å². The fourth-order valence-corrected chi connectivity index (χ4v) is 7.58. The van der Waals surface area contributed by atoms with Gasteiger partial charge < -0.3 is 8.98 Å². The highest BCUT2D eigenvalue weighted by molar-refractivity contribution is 6.10. The third-order valence-corrected chi connectivity index (χ3v) is 10.1. The fraction of sp³-hybridized carbons (Fsp3) is 0. The lowest BCUT2D eigenvalue weighted by Gasteiger charge is -2.15. The van der Waals surface area contributed by atoms with Crippen LogP contribution in [0.1, 0.15) is 0 Å². The summed E-state index contributed by atoms with van der Waals surface area (Å²) in [5, 5.41) is 2.51. The number of hydrogen-bond acceptors (Lipinski definition) is 2. The van der Waals surface area contributed by atoms with Crippen molar-refractivity contribution < 1.29 is 4.42 Å². The Hall–Kier alpha value is -6.97. The van der Waals surface area contributed by atoms with Gasteiger partial charge in [-0.1, -0.05) is 140 Å². The van der Waals surface area contributed by atoms with Gasteiger partial charge in [0.15, 0.2) is 5.58 Å². The number of rotatable bonds is 6.